The minimum atomic E-state index is -4.61. The van der Waals surface area contributed by atoms with Crippen LogP contribution in [-0.2, 0) is 105 Å². The van der Waals surface area contributed by atoms with Crippen LogP contribution in [0, 0.1) is 0 Å². The first kappa shape index (κ1) is 101. The van der Waals surface area contributed by atoms with Gasteiger partial charge in [-0.2, -0.15) is 52.7 Å². The van der Waals surface area contributed by atoms with Gasteiger partial charge in [0.1, 0.15) is 29.6 Å². The van der Waals surface area contributed by atoms with Crippen molar-refractivity contribution in [3.05, 3.63) is 280 Å². The molecule has 0 amide bonds. The number of aromatic nitrogens is 4. The molecule has 0 saturated carbocycles. The molecule has 12 rings (SSSR count). The van der Waals surface area contributed by atoms with E-state index in [0.29, 0.717) is 50.0 Å². The maximum Gasteiger partial charge on any atom is 0.416 e. The lowest BCUT2D eigenvalue weighted by molar-refractivity contribution is -0.155. The Morgan fingerprint density at radius 2 is 0.724 bits per heavy atom. The van der Waals surface area contributed by atoms with Gasteiger partial charge in [-0.15, -0.1) is 0 Å². The Morgan fingerprint density at radius 1 is 0.390 bits per heavy atom. The highest BCUT2D eigenvalue weighted by Crippen LogP contribution is 2.40. The number of nitrogens with zero attached hydrogens (tertiary/aromatic N) is 2. The Balaban J connectivity index is 0.000000240. The van der Waals surface area contributed by atoms with E-state index in [1.54, 1.807) is 92.1 Å². The van der Waals surface area contributed by atoms with Gasteiger partial charge in [0.25, 0.3) is 0 Å². The second kappa shape index (κ2) is 43.2. The summed E-state index contributed by atoms with van der Waals surface area (Å²) in [4.78, 5) is 86.9. The van der Waals surface area contributed by atoms with E-state index in [2.05, 4.69) is 56.0 Å². The number of nitrogens with one attached hydrogen (secondary N) is 2. The molecular formula is C87H80Br2Cl4F12N4O14. The number of carbonyl (C=O) groups is 7. The molecule has 4 heterocycles. The van der Waals surface area contributed by atoms with Crippen LogP contribution in [0.15, 0.2) is 176 Å². The van der Waals surface area contributed by atoms with Crippen LogP contribution in [0.5, 0.6) is 0 Å². The van der Waals surface area contributed by atoms with Gasteiger partial charge in [0.05, 0.1) is 72.9 Å². The zero-order chi connectivity index (χ0) is 90.9. The van der Waals surface area contributed by atoms with Crippen molar-refractivity contribution in [3.63, 3.8) is 0 Å². The molecule has 0 aliphatic carbocycles. The Labute approximate surface area is 734 Å². The molecule has 0 radical (unpaired) electrons. The van der Waals surface area contributed by atoms with Gasteiger partial charge < -0.3 is 52.6 Å². The van der Waals surface area contributed by atoms with Gasteiger partial charge >= 0.3 is 66.5 Å². The summed E-state index contributed by atoms with van der Waals surface area (Å²) in [5.41, 5.74) is 1.74. The highest BCUT2D eigenvalue weighted by molar-refractivity contribution is 9.09. The number of aliphatic carboxylic acids is 1. The molecule has 0 aliphatic heterocycles. The molecule has 4 aromatic heterocycles. The predicted octanol–water partition coefficient (Wildman–Crippen LogP) is 24.6. The van der Waals surface area contributed by atoms with Crippen LogP contribution >= 0.6 is 78.3 Å². The molecule has 0 spiro atoms. The summed E-state index contributed by atoms with van der Waals surface area (Å²) in [7, 11) is 5.15. The van der Waals surface area contributed by atoms with Gasteiger partial charge in [0.15, 0.2) is 0 Å². The van der Waals surface area contributed by atoms with E-state index in [1.807, 2.05) is 39.1 Å². The van der Waals surface area contributed by atoms with Crippen LogP contribution in [0.3, 0.4) is 0 Å². The van der Waals surface area contributed by atoms with Crippen LogP contribution in [0.2, 0.25) is 20.1 Å². The molecule has 0 bridgehead atoms. The molecule has 0 atom stereocenters. The van der Waals surface area contributed by atoms with Crippen LogP contribution in [0.1, 0.15) is 152 Å². The fraction of sp³-hybridized carbons (Fsp3) is 0.276. The first-order chi connectivity index (χ1) is 56.9. The maximum atomic E-state index is 13.6. The number of aromatic amines is 2. The maximum absolute atomic E-state index is 13.6. The average Bonchev–Trinajstić information content (AvgIpc) is 1.62. The molecule has 8 aromatic carbocycles. The third-order valence-electron chi connectivity index (χ3n) is 17.2. The van der Waals surface area contributed by atoms with E-state index in [0.717, 1.165) is 46.1 Å². The lowest BCUT2D eigenvalue weighted by Crippen LogP contribution is -2.27. The first-order valence-electron chi connectivity index (χ1n) is 35.8. The fourth-order valence-corrected chi connectivity index (χ4v) is 13.4. The van der Waals surface area contributed by atoms with E-state index < -0.39 is 89.0 Å². The fourth-order valence-electron chi connectivity index (χ4n) is 12.1. The molecular weight excluding hydrogens is 1850 g/mol. The van der Waals surface area contributed by atoms with E-state index in [4.69, 9.17) is 60.6 Å². The average molecular weight is 1940 g/mol. The molecule has 12 aromatic rings. The molecule has 3 N–H and O–H groups in total. The van der Waals surface area contributed by atoms with Crippen LogP contribution in [0.4, 0.5) is 52.7 Å². The number of alkyl halides is 14. The highest BCUT2D eigenvalue weighted by atomic mass is 79.9. The number of halogens is 18. The third kappa shape index (κ3) is 29.3. The smallest absolute Gasteiger partial charge is 0.416 e. The highest BCUT2D eigenvalue weighted by Gasteiger charge is 2.38. The molecule has 18 nitrogen and oxygen atoms in total. The Kier molecular flexibility index (Phi) is 35.6. The van der Waals surface area contributed by atoms with Crippen molar-refractivity contribution in [2.45, 2.75) is 123 Å². The first-order valence-corrected chi connectivity index (χ1v) is 39.6. The van der Waals surface area contributed by atoms with Gasteiger partial charge in [-0.05, 0) is 209 Å². The van der Waals surface area contributed by atoms with Gasteiger partial charge in [-0.25, -0.2) is 19.2 Å². The van der Waals surface area contributed by atoms with Gasteiger partial charge in [0.2, 0.25) is 0 Å². The topological polar surface area (TPSA) is 237 Å². The lowest BCUT2D eigenvalue weighted by atomic mass is 10.0. The number of hydrogen-bond donors (Lipinski definition) is 3. The van der Waals surface area contributed by atoms with E-state index >= 15 is 0 Å². The number of benzene rings is 8. The van der Waals surface area contributed by atoms with Crippen molar-refractivity contribution in [2.24, 2.45) is 0 Å². The molecule has 0 unspecified atom stereocenters. The van der Waals surface area contributed by atoms with Gasteiger partial charge in [-0.1, -0.05) is 110 Å². The molecule has 658 valence electrons. The third-order valence-corrected chi connectivity index (χ3v) is 19.2. The molecule has 36 heteroatoms. The van der Waals surface area contributed by atoms with Gasteiger partial charge in [0, 0.05) is 112 Å². The number of esters is 6. The summed E-state index contributed by atoms with van der Waals surface area (Å²) in [6, 6.07) is 41.0. The summed E-state index contributed by atoms with van der Waals surface area (Å²) in [5.74, 6) is -3.79. The van der Waals surface area contributed by atoms with Crippen molar-refractivity contribution in [3.8, 4) is 0 Å². The van der Waals surface area contributed by atoms with Crippen molar-refractivity contribution < 1.29 is 120 Å². The van der Waals surface area contributed by atoms with E-state index in [1.165, 1.54) is 99.7 Å². The number of carboxylic acid groups (broad SMARTS) is 1. The summed E-state index contributed by atoms with van der Waals surface area (Å²) in [6.07, 6.45) is -16.4. The minimum absolute atomic E-state index is 0. The lowest BCUT2D eigenvalue weighted by Gasteiger charge is -2.21. The molecule has 0 saturated heterocycles. The van der Waals surface area contributed by atoms with Crippen molar-refractivity contribution in [2.75, 3.05) is 33.8 Å². The molecule has 0 aliphatic rings. The number of rotatable bonds is 16. The summed E-state index contributed by atoms with van der Waals surface area (Å²) in [5, 5.41) is 12.6. The Bertz CT molecular complexity index is 5790. The van der Waals surface area contributed by atoms with Crippen molar-refractivity contribution in [1.82, 2.24) is 19.1 Å². The summed E-state index contributed by atoms with van der Waals surface area (Å²) >= 11 is 28.7. The number of carboxylic acids is 1. The number of hydrogen-bond acceptors (Lipinski definition) is 13. The number of carbonyl (C=O) groups excluding carboxylic acids is 6. The minimum Gasteiger partial charge on any atom is -0.480 e. The number of ether oxygens (including phenoxy) is 6. The van der Waals surface area contributed by atoms with Crippen molar-refractivity contribution in [1.29, 1.82) is 0 Å². The number of fused-ring (bicyclic) bond motifs is 4. The SMILES string of the molecule is C.CC(C)(C)OC(=O)CBr.COC(=O)c1ccc2[nH]c(Cc3ccc(Cl)cc3C(F)(F)F)cc2c1.COC(=O)c1ccc2[nH]ccc2c1.COC(=O)c1ccc2c(c1)cc(Cc1ccc(Cl)cc1C(F)(F)F)n2CC(=O)O.COC(=O)c1ccc2c(c1)cc(Cc1ccc(Cl)cc1C(F)(F)F)n2CC(=O)OC(C)(C)C.FC(F)(F)c1cc(Cl)ccc1CBr. The second-order valence-electron chi connectivity index (χ2n) is 28.4. The largest absolute Gasteiger partial charge is 0.480 e. The Hall–Kier alpha value is -10.5. The van der Waals surface area contributed by atoms with Crippen molar-refractivity contribution >= 4 is 164 Å². The molecule has 0 fully saturated rings. The molecule has 123 heavy (non-hydrogen) atoms. The predicted molar refractivity (Wildman–Crippen MR) is 453 cm³/mol. The monoisotopic (exact) mass is 1930 g/mol. The Morgan fingerprint density at radius 3 is 1.07 bits per heavy atom. The van der Waals surface area contributed by atoms with E-state index in [9.17, 15) is 91.4 Å². The van der Waals surface area contributed by atoms with Crippen LogP contribution in [-0.4, -0.2) is 111 Å². The van der Waals surface area contributed by atoms with Crippen LogP contribution in [0.25, 0.3) is 43.6 Å². The zero-order valence-corrected chi connectivity index (χ0v) is 72.3. The normalized spacial score (nSPS) is 11.5. The number of methoxy groups -OCH3 is 4. The van der Waals surface area contributed by atoms with E-state index in [-0.39, 0.29) is 115 Å². The quantitative estimate of drug-likeness (QED) is 0.0353. The van der Waals surface area contributed by atoms with Gasteiger partial charge in [-0.3, -0.25) is 14.4 Å². The zero-order valence-electron chi connectivity index (χ0n) is 66.1. The summed E-state index contributed by atoms with van der Waals surface area (Å²) in [6.45, 7) is 10.1. The standard InChI is InChI=1S/C24H23ClF3NO4.C20H15ClF3NO4.C18H13ClF3NO2.C10H9NO2.C8H5BrClF3.C6H11BrO2.CH4/c1-23(2,3)33-21(30)13-29-18(10-14-5-7-17(25)12-19(14)24(26,27)28)11-16-9-15(22(31)32-4)6-8-20(16)29;1-29-19(28)12-3-5-17-13(6-12)8-15(25(17)10-18(26)27)7-11-2-4-14(21)9-16(11)20(22,23)24;1-25-17(24)11-3-5-16-12(6-11)8-14(23-16)7-10-2-4-13(19)9-15(10)18(20,21)22;1-13-10(12)8-2-3-9-7(6-8)4-5-11-9;9-4-5-1-2-6(10)3-7(5)8(11,12)13;1-6(2,3)9-5(8)4-7;/h5-9,11-12H,10,13H2,1-4H3;2-6,8-9H,7,10H2,1H3,(H,26,27);2-6,8-9,23H,7H2,1H3;2-6,11H,1H3;1-3H,4H2;4H2,1-3H3;1H4. The summed E-state index contributed by atoms with van der Waals surface area (Å²) < 4.78 is 190. The second-order valence-corrected chi connectivity index (χ2v) is 31.3. The van der Waals surface area contributed by atoms with Crippen LogP contribution < -0.4 is 0 Å². The number of H-pyrrole nitrogens is 2.